The van der Waals surface area contributed by atoms with Crippen LogP contribution < -0.4 is 4.90 Å². The van der Waals surface area contributed by atoms with Gasteiger partial charge < -0.3 is 4.90 Å². The molecule has 0 fully saturated rings. The highest BCUT2D eigenvalue weighted by Crippen LogP contribution is 2.27. The van der Waals surface area contributed by atoms with Gasteiger partial charge in [-0.1, -0.05) is 35.3 Å². The molecule has 11 heteroatoms. The zero-order valence-corrected chi connectivity index (χ0v) is 20.1. The molecule has 0 spiro atoms. The van der Waals surface area contributed by atoms with Crippen molar-refractivity contribution < 1.29 is 18.0 Å². The van der Waals surface area contributed by atoms with Gasteiger partial charge in [0.15, 0.2) is 5.82 Å². The predicted molar refractivity (Wildman–Crippen MR) is 126 cm³/mol. The van der Waals surface area contributed by atoms with Gasteiger partial charge in [-0.15, -0.1) is 0 Å². The number of ketones is 1. The van der Waals surface area contributed by atoms with Gasteiger partial charge in [0.05, 0.1) is 27.9 Å². The molecule has 172 valence electrons. The summed E-state index contributed by atoms with van der Waals surface area (Å²) in [6.07, 6.45) is 2.32. The smallest absolute Gasteiger partial charge is 0.242 e. The van der Waals surface area contributed by atoms with Crippen LogP contribution in [0.4, 0.5) is 5.69 Å². The Kier molecular flexibility index (Phi) is 7.80. The molecule has 1 amide bonds. The van der Waals surface area contributed by atoms with Crippen molar-refractivity contribution in [3.63, 3.8) is 0 Å². The van der Waals surface area contributed by atoms with Crippen LogP contribution in [0.1, 0.15) is 22.6 Å². The van der Waals surface area contributed by atoms with Gasteiger partial charge in [-0.3, -0.25) is 9.59 Å². The molecule has 0 radical (unpaired) electrons. The summed E-state index contributed by atoms with van der Waals surface area (Å²) in [4.78, 5) is 34.8. The summed E-state index contributed by atoms with van der Waals surface area (Å²) >= 11 is 12.1. The maximum Gasteiger partial charge on any atom is 0.242 e. The molecule has 0 atom stereocenters. The van der Waals surface area contributed by atoms with Crippen molar-refractivity contribution in [1.29, 1.82) is 0 Å². The Labute approximate surface area is 201 Å². The average Bonchev–Trinajstić information content (AvgIpc) is 2.80. The summed E-state index contributed by atoms with van der Waals surface area (Å²) in [5.41, 5.74) is 0.942. The molecular weight excluding hydrogens is 487 g/mol. The minimum atomic E-state index is -3.74. The van der Waals surface area contributed by atoms with Crippen molar-refractivity contribution in [2.24, 2.45) is 0 Å². The molecule has 1 heterocycles. The summed E-state index contributed by atoms with van der Waals surface area (Å²) in [6.45, 7) is 0.0319. The van der Waals surface area contributed by atoms with E-state index in [-0.39, 0.29) is 17.3 Å². The van der Waals surface area contributed by atoms with E-state index in [9.17, 15) is 18.0 Å². The van der Waals surface area contributed by atoms with Crippen LogP contribution in [0.15, 0.2) is 65.8 Å². The van der Waals surface area contributed by atoms with Crippen LogP contribution in [0.25, 0.3) is 0 Å². The average molecular weight is 507 g/mol. The number of carbonyl (C=O) groups is 2. The third-order valence-electron chi connectivity index (χ3n) is 4.66. The van der Waals surface area contributed by atoms with Gasteiger partial charge in [0.2, 0.25) is 21.7 Å². The van der Waals surface area contributed by atoms with E-state index in [4.69, 9.17) is 23.2 Å². The number of sulfonamides is 1. The van der Waals surface area contributed by atoms with Crippen LogP contribution in [0.2, 0.25) is 10.0 Å². The molecule has 0 N–H and O–H groups in total. The Morgan fingerprint density at radius 2 is 1.64 bits per heavy atom. The lowest BCUT2D eigenvalue weighted by atomic mass is 10.1. The Morgan fingerprint density at radius 3 is 2.27 bits per heavy atom. The number of halogens is 2. The molecule has 3 aromatic rings. The van der Waals surface area contributed by atoms with Gasteiger partial charge in [-0.05, 0) is 42.0 Å². The lowest BCUT2D eigenvalue weighted by molar-refractivity contribution is -0.117. The van der Waals surface area contributed by atoms with Crippen molar-refractivity contribution in [3.8, 4) is 0 Å². The fourth-order valence-corrected chi connectivity index (χ4v) is 4.18. The Morgan fingerprint density at radius 1 is 0.939 bits per heavy atom. The van der Waals surface area contributed by atoms with Crippen LogP contribution in [0.3, 0.4) is 0 Å². The standard InChI is InChI=1S/C22H20Cl2N4O4S/c1-27(2)33(31,32)17-6-3-5-16(12-17)28(14-15-7-8-18(23)19(24)11-15)21(30)13-20(29)22-25-9-4-10-26-22/h3-12H,13-14H2,1-2H3. The van der Waals surface area contributed by atoms with E-state index in [0.29, 0.717) is 21.3 Å². The monoisotopic (exact) mass is 506 g/mol. The molecule has 0 bridgehead atoms. The second-order valence-corrected chi connectivity index (χ2v) is 10.2. The Balaban J connectivity index is 1.99. The van der Waals surface area contributed by atoms with E-state index in [2.05, 4.69) is 9.97 Å². The fourth-order valence-electron chi connectivity index (χ4n) is 2.92. The van der Waals surface area contributed by atoms with E-state index < -0.39 is 28.1 Å². The number of carbonyl (C=O) groups excluding carboxylic acids is 2. The van der Waals surface area contributed by atoms with E-state index in [1.807, 2.05) is 0 Å². The first kappa shape index (κ1) is 24.8. The van der Waals surface area contributed by atoms with Crippen molar-refractivity contribution >= 4 is 50.6 Å². The molecule has 0 saturated heterocycles. The third-order valence-corrected chi connectivity index (χ3v) is 7.21. The van der Waals surface area contributed by atoms with Gasteiger partial charge in [0.1, 0.15) is 0 Å². The third kappa shape index (κ3) is 5.94. The summed E-state index contributed by atoms with van der Waals surface area (Å²) in [5, 5.41) is 0.660. The number of Topliss-reactive ketones (excluding diaryl/α,β-unsaturated/α-hetero) is 1. The molecule has 0 aliphatic rings. The molecule has 3 rings (SSSR count). The minimum Gasteiger partial charge on any atom is -0.308 e. The largest absolute Gasteiger partial charge is 0.308 e. The number of hydrogen-bond acceptors (Lipinski definition) is 6. The second kappa shape index (κ2) is 10.4. The number of benzene rings is 2. The molecule has 2 aromatic carbocycles. The van der Waals surface area contributed by atoms with E-state index in [0.717, 1.165) is 4.31 Å². The molecule has 33 heavy (non-hydrogen) atoms. The lowest BCUT2D eigenvalue weighted by Crippen LogP contribution is -2.32. The highest BCUT2D eigenvalue weighted by molar-refractivity contribution is 7.89. The number of rotatable bonds is 8. The first-order valence-corrected chi connectivity index (χ1v) is 11.9. The van der Waals surface area contributed by atoms with Gasteiger partial charge in [0, 0.05) is 32.2 Å². The second-order valence-electron chi connectivity index (χ2n) is 7.19. The quantitative estimate of drug-likeness (QED) is 0.339. The lowest BCUT2D eigenvalue weighted by Gasteiger charge is -2.24. The van der Waals surface area contributed by atoms with E-state index in [1.165, 1.54) is 49.6 Å². The minimum absolute atomic E-state index is 0.00894. The molecular formula is C22H20Cl2N4O4S. The molecule has 1 aromatic heterocycles. The predicted octanol–water partition coefficient (Wildman–Crippen LogP) is 3.84. The highest BCUT2D eigenvalue weighted by Gasteiger charge is 2.24. The van der Waals surface area contributed by atoms with Crippen LogP contribution >= 0.6 is 23.2 Å². The first-order valence-electron chi connectivity index (χ1n) is 9.66. The van der Waals surface area contributed by atoms with Crippen LogP contribution in [0, 0.1) is 0 Å². The fraction of sp³-hybridized carbons (Fsp3) is 0.182. The maximum absolute atomic E-state index is 13.2. The zero-order chi connectivity index (χ0) is 24.2. The molecule has 0 aliphatic heterocycles. The number of hydrogen-bond donors (Lipinski definition) is 0. The van der Waals surface area contributed by atoms with Crippen LogP contribution in [-0.4, -0.2) is 48.5 Å². The van der Waals surface area contributed by atoms with E-state index in [1.54, 1.807) is 30.3 Å². The SMILES string of the molecule is CN(C)S(=O)(=O)c1cccc(N(Cc2ccc(Cl)c(Cl)c2)C(=O)CC(=O)c2ncccn2)c1. The van der Waals surface area contributed by atoms with Gasteiger partial charge >= 0.3 is 0 Å². The summed E-state index contributed by atoms with van der Waals surface area (Å²) in [6, 6.07) is 12.4. The summed E-state index contributed by atoms with van der Waals surface area (Å²) in [5.74, 6) is -1.20. The normalized spacial score (nSPS) is 11.4. The number of nitrogens with zero attached hydrogens (tertiary/aromatic N) is 4. The zero-order valence-electron chi connectivity index (χ0n) is 17.8. The summed E-state index contributed by atoms with van der Waals surface area (Å²) < 4.78 is 26.3. The Hall–Kier alpha value is -2.85. The van der Waals surface area contributed by atoms with Crippen LogP contribution in [0.5, 0.6) is 0 Å². The van der Waals surface area contributed by atoms with Crippen molar-refractivity contribution in [2.75, 3.05) is 19.0 Å². The maximum atomic E-state index is 13.2. The van der Waals surface area contributed by atoms with Gasteiger partial charge in [0.25, 0.3) is 0 Å². The van der Waals surface area contributed by atoms with Crippen LogP contribution in [-0.2, 0) is 21.4 Å². The molecule has 8 nitrogen and oxygen atoms in total. The first-order chi connectivity index (χ1) is 15.6. The topological polar surface area (TPSA) is 101 Å². The summed E-state index contributed by atoms with van der Waals surface area (Å²) in [7, 11) is -0.908. The molecule has 0 aliphatic carbocycles. The highest BCUT2D eigenvalue weighted by atomic mass is 35.5. The molecule has 0 saturated carbocycles. The van der Waals surface area contributed by atoms with Crippen molar-refractivity contribution in [1.82, 2.24) is 14.3 Å². The number of amides is 1. The van der Waals surface area contributed by atoms with E-state index >= 15 is 0 Å². The molecule has 0 unspecified atom stereocenters. The number of aromatic nitrogens is 2. The van der Waals surface area contributed by atoms with Crippen molar-refractivity contribution in [2.45, 2.75) is 17.9 Å². The Bertz CT molecular complexity index is 1280. The van der Waals surface area contributed by atoms with Gasteiger partial charge in [-0.2, -0.15) is 0 Å². The van der Waals surface area contributed by atoms with Crippen molar-refractivity contribution in [3.05, 3.63) is 82.4 Å². The van der Waals surface area contributed by atoms with Gasteiger partial charge in [-0.25, -0.2) is 22.7 Å². The number of anilines is 1.